The number of ether oxygens (including phenoxy) is 1. The van der Waals surface area contributed by atoms with E-state index in [-0.39, 0.29) is 24.2 Å². The van der Waals surface area contributed by atoms with Crippen molar-refractivity contribution in [3.8, 4) is 5.75 Å². The lowest BCUT2D eigenvalue weighted by molar-refractivity contribution is -0.0499. The molecule has 0 heterocycles. The number of hydrogen-bond acceptors (Lipinski definition) is 2. The van der Waals surface area contributed by atoms with Crippen LogP contribution < -0.4 is 10.5 Å². The highest BCUT2D eigenvalue weighted by molar-refractivity contribution is 5.85. The van der Waals surface area contributed by atoms with Crippen LogP contribution in [-0.4, -0.2) is 6.61 Å². The van der Waals surface area contributed by atoms with Gasteiger partial charge in [-0.2, -0.15) is 8.78 Å². The summed E-state index contributed by atoms with van der Waals surface area (Å²) in [6.45, 7) is -0.663. The Balaban J connectivity index is 0.00000289. The molecule has 0 unspecified atom stereocenters. The molecular formula is C13H20ClF2NO. The van der Waals surface area contributed by atoms with E-state index in [1.807, 2.05) is 6.07 Å². The van der Waals surface area contributed by atoms with Crippen LogP contribution in [0.4, 0.5) is 8.78 Å². The Morgan fingerprint density at radius 3 is 2.61 bits per heavy atom. The molecule has 1 atom stereocenters. The first kappa shape index (κ1) is 17.1. The minimum atomic E-state index is -2.79. The molecule has 1 aromatic carbocycles. The van der Waals surface area contributed by atoms with Crippen LogP contribution in [0.15, 0.2) is 24.3 Å². The van der Waals surface area contributed by atoms with Crippen molar-refractivity contribution >= 4 is 12.4 Å². The van der Waals surface area contributed by atoms with Crippen LogP contribution in [0, 0.1) is 0 Å². The summed E-state index contributed by atoms with van der Waals surface area (Å²) >= 11 is 0. The minimum absolute atomic E-state index is 0. The van der Waals surface area contributed by atoms with Gasteiger partial charge in [-0.05, 0) is 24.1 Å². The number of rotatable bonds is 7. The van der Waals surface area contributed by atoms with Crippen molar-refractivity contribution in [2.45, 2.75) is 45.3 Å². The quantitative estimate of drug-likeness (QED) is 0.756. The zero-order valence-electron chi connectivity index (χ0n) is 10.4. The highest BCUT2D eigenvalue weighted by atomic mass is 35.5. The van der Waals surface area contributed by atoms with E-state index >= 15 is 0 Å². The molecule has 0 fully saturated rings. The van der Waals surface area contributed by atoms with Crippen LogP contribution in [0.3, 0.4) is 0 Å². The van der Waals surface area contributed by atoms with Gasteiger partial charge < -0.3 is 10.5 Å². The fraction of sp³-hybridized carbons (Fsp3) is 0.538. The molecule has 0 saturated carbocycles. The second-order valence-corrected chi connectivity index (χ2v) is 4.05. The minimum Gasteiger partial charge on any atom is -0.435 e. The van der Waals surface area contributed by atoms with Gasteiger partial charge in [0.15, 0.2) is 0 Å². The number of hydrogen-bond donors (Lipinski definition) is 1. The topological polar surface area (TPSA) is 35.2 Å². The average molecular weight is 280 g/mol. The Morgan fingerprint density at radius 2 is 2.00 bits per heavy atom. The smallest absolute Gasteiger partial charge is 0.387 e. The zero-order chi connectivity index (χ0) is 12.7. The normalized spacial score (nSPS) is 12.1. The number of alkyl halides is 2. The van der Waals surface area contributed by atoms with E-state index in [0.29, 0.717) is 0 Å². The van der Waals surface area contributed by atoms with Gasteiger partial charge >= 0.3 is 6.61 Å². The van der Waals surface area contributed by atoms with Crippen molar-refractivity contribution < 1.29 is 13.5 Å². The Bertz CT molecular complexity index is 337. The monoisotopic (exact) mass is 279 g/mol. The van der Waals surface area contributed by atoms with Gasteiger partial charge in [0.05, 0.1) is 0 Å². The van der Waals surface area contributed by atoms with E-state index in [9.17, 15) is 8.78 Å². The highest BCUT2D eigenvalue weighted by Crippen LogP contribution is 2.22. The van der Waals surface area contributed by atoms with Crippen LogP contribution >= 0.6 is 12.4 Å². The molecule has 0 bridgehead atoms. The van der Waals surface area contributed by atoms with Crippen LogP contribution in [0.25, 0.3) is 0 Å². The first-order valence-electron chi connectivity index (χ1n) is 5.93. The molecule has 0 aliphatic rings. The van der Waals surface area contributed by atoms with E-state index in [4.69, 9.17) is 5.73 Å². The maximum absolute atomic E-state index is 12.0. The van der Waals surface area contributed by atoms with Crippen LogP contribution in [-0.2, 0) is 0 Å². The van der Waals surface area contributed by atoms with Crippen molar-refractivity contribution in [3.05, 3.63) is 29.8 Å². The summed E-state index contributed by atoms with van der Waals surface area (Å²) in [5.74, 6) is 0.170. The van der Waals surface area contributed by atoms with E-state index < -0.39 is 6.61 Å². The molecule has 0 radical (unpaired) electrons. The Morgan fingerprint density at radius 1 is 1.28 bits per heavy atom. The number of benzene rings is 1. The molecule has 2 nitrogen and oxygen atoms in total. The molecule has 0 amide bonds. The summed E-state index contributed by atoms with van der Waals surface area (Å²) in [7, 11) is 0. The van der Waals surface area contributed by atoms with Gasteiger partial charge in [0.1, 0.15) is 5.75 Å². The maximum Gasteiger partial charge on any atom is 0.387 e. The summed E-state index contributed by atoms with van der Waals surface area (Å²) in [6, 6.07) is 6.52. The van der Waals surface area contributed by atoms with Gasteiger partial charge in [0, 0.05) is 6.04 Å². The molecule has 5 heteroatoms. The number of halogens is 3. The van der Waals surface area contributed by atoms with E-state index in [0.717, 1.165) is 31.2 Å². The predicted octanol–water partition coefficient (Wildman–Crippen LogP) is 4.29. The third-order valence-corrected chi connectivity index (χ3v) is 2.63. The van der Waals surface area contributed by atoms with Crippen molar-refractivity contribution in [2.24, 2.45) is 5.73 Å². The SMILES string of the molecule is CCCCC[C@@H](N)c1cccc(OC(F)F)c1.Cl. The molecule has 0 spiro atoms. The first-order valence-corrected chi connectivity index (χ1v) is 5.93. The Labute approximate surface area is 113 Å². The van der Waals surface area contributed by atoms with E-state index in [1.54, 1.807) is 12.1 Å². The summed E-state index contributed by atoms with van der Waals surface area (Å²) in [4.78, 5) is 0. The van der Waals surface area contributed by atoms with Crippen molar-refractivity contribution in [2.75, 3.05) is 0 Å². The number of unbranched alkanes of at least 4 members (excludes halogenated alkanes) is 2. The zero-order valence-corrected chi connectivity index (χ0v) is 11.3. The molecule has 2 N–H and O–H groups in total. The van der Waals surface area contributed by atoms with Gasteiger partial charge in [-0.15, -0.1) is 12.4 Å². The van der Waals surface area contributed by atoms with Crippen molar-refractivity contribution in [3.63, 3.8) is 0 Å². The van der Waals surface area contributed by atoms with Crippen LogP contribution in [0.2, 0.25) is 0 Å². The maximum atomic E-state index is 12.0. The largest absolute Gasteiger partial charge is 0.435 e. The summed E-state index contributed by atoms with van der Waals surface area (Å²) in [5, 5.41) is 0. The molecule has 1 aromatic rings. The van der Waals surface area contributed by atoms with Crippen LogP contribution in [0.5, 0.6) is 5.75 Å². The predicted molar refractivity (Wildman–Crippen MR) is 71.4 cm³/mol. The fourth-order valence-electron chi connectivity index (χ4n) is 1.70. The lowest BCUT2D eigenvalue weighted by Crippen LogP contribution is -2.10. The van der Waals surface area contributed by atoms with Crippen LogP contribution in [0.1, 0.15) is 44.2 Å². The molecule has 0 aliphatic carbocycles. The average Bonchev–Trinajstić information content (AvgIpc) is 2.28. The van der Waals surface area contributed by atoms with E-state index in [2.05, 4.69) is 11.7 Å². The third-order valence-electron chi connectivity index (χ3n) is 2.63. The summed E-state index contributed by atoms with van der Waals surface area (Å²) < 4.78 is 28.4. The molecular weight excluding hydrogens is 260 g/mol. The Kier molecular flexibility index (Phi) is 8.67. The second-order valence-electron chi connectivity index (χ2n) is 4.05. The lowest BCUT2D eigenvalue weighted by Gasteiger charge is -2.13. The van der Waals surface area contributed by atoms with Gasteiger partial charge in [-0.25, -0.2) is 0 Å². The fourth-order valence-corrected chi connectivity index (χ4v) is 1.70. The molecule has 0 aromatic heterocycles. The molecule has 1 rings (SSSR count). The summed E-state index contributed by atoms with van der Waals surface area (Å²) in [6.07, 6.45) is 4.20. The van der Waals surface area contributed by atoms with Crippen molar-refractivity contribution in [1.29, 1.82) is 0 Å². The van der Waals surface area contributed by atoms with Crippen molar-refractivity contribution in [1.82, 2.24) is 0 Å². The standard InChI is InChI=1S/C13H19F2NO.ClH/c1-2-3-4-8-12(16)10-6-5-7-11(9-10)17-13(14)15;/h5-7,9,12-13H,2-4,8,16H2,1H3;1H/t12-;/m1./s1. The molecule has 0 saturated heterocycles. The second kappa shape index (κ2) is 9.11. The lowest BCUT2D eigenvalue weighted by atomic mass is 10.0. The number of nitrogens with two attached hydrogens (primary N) is 1. The first-order chi connectivity index (χ1) is 8.13. The highest BCUT2D eigenvalue weighted by Gasteiger charge is 2.09. The third kappa shape index (κ3) is 6.17. The van der Waals surface area contributed by atoms with Gasteiger partial charge in [0.2, 0.25) is 0 Å². The van der Waals surface area contributed by atoms with E-state index in [1.165, 1.54) is 6.07 Å². The molecule has 0 aliphatic heterocycles. The molecule has 104 valence electrons. The summed E-state index contributed by atoms with van der Waals surface area (Å²) in [5.41, 5.74) is 6.84. The van der Waals surface area contributed by atoms with Gasteiger partial charge in [-0.1, -0.05) is 38.3 Å². The van der Waals surface area contributed by atoms with Gasteiger partial charge in [-0.3, -0.25) is 0 Å². The van der Waals surface area contributed by atoms with Gasteiger partial charge in [0.25, 0.3) is 0 Å². The Hall–Kier alpha value is -0.870. The molecule has 18 heavy (non-hydrogen) atoms.